The van der Waals surface area contributed by atoms with Crippen molar-refractivity contribution in [3.05, 3.63) is 35.4 Å². The first-order chi connectivity index (χ1) is 10.8. The van der Waals surface area contributed by atoms with Gasteiger partial charge in [0.15, 0.2) is 5.79 Å². The fourth-order valence-electron chi connectivity index (χ4n) is 3.02. The first-order valence-corrected chi connectivity index (χ1v) is 8.70. The Bertz CT molecular complexity index is 516. The minimum atomic E-state index is -0.508. The second kappa shape index (κ2) is 7.59. The predicted molar refractivity (Wildman–Crippen MR) is 92.5 cm³/mol. The summed E-state index contributed by atoms with van der Waals surface area (Å²) in [5, 5.41) is 0. The van der Waals surface area contributed by atoms with E-state index in [0.29, 0.717) is 18.9 Å². The minimum absolute atomic E-state index is 0.0366. The Hall–Kier alpha value is -1.19. The van der Waals surface area contributed by atoms with Crippen LogP contribution in [0.1, 0.15) is 64.5 Å². The van der Waals surface area contributed by atoms with E-state index in [1.165, 1.54) is 5.56 Å². The van der Waals surface area contributed by atoms with Gasteiger partial charge in [0.2, 0.25) is 0 Å². The second-order valence-corrected chi connectivity index (χ2v) is 7.52. The molecule has 0 aliphatic carbocycles. The normalized spacial score (nSPS) is 21.6. The van der Waals surface area contributed by atoms with E-state index in [2.05, 4.69) is 38.1 Å². The highest BCUT2D eigenvalue weighted by Crippen LogP contribution is 2.26. The molecule has 0 radical (unpaired) electrons. The standard InChI is InChI=1S/C20H30O3/c1-14(2)12-16-6-8-17(9-7-16)15(3)19(21)11-10-18-13-22-20(4,5)23-18/h6-9,14-15,18H,10-13H2,1-5H3. The Balaban J connectivity index is 1.84. The van der Waals surface area contributed by atoms with Gasteiger partial charge in [-0.05, 0) is 43.7 Å². The third kappa shape index (κ3) is 5.43. The molecule has 0 amide bonds. The lowest BCUT2D eigenvalue weighted by Gasteiger charge is -2.17. The molecule has 1 heterocycles. The Kier molecular flexibility index (Phi) is 5.99. The molecule has 0 N–H and O–H groups in total. The number of carbonyl (C=O) groups is 1. The van der Waals surface area contributed by atoms with E-state index in [9.17, 15) is 4.79 Å². The number of ether oxygens (including phenoxy) is 2. The average molecular weight is 318 g/mol. The van der Waals surface area contributed by atoms with E-state index in [1.54, 1.807) is 0 Å². The molecule has 0 bridgehead atoms. The maximum absolute atomic E-state index is 12.4. The van der Waals surface area contributed by atoms with Crippen LogP contribution in [0, 0.1) is 5.92 Å². The van der Waals surface area contributed by atoms with Gasteiger partial charge in [-0.15, -0.1) is 0 Å². The van der Waals surface area contributed by atoms with Gasteiger partial charge in [0.05, 0.1) is 12.7 Å². The highest BCUT2D eigenvalue weighted by Gasteiger charge is 2.32. The largest absolute Gasteiger partial charge is 0.348 e. The number of hydrogen-bond acceptors (Lipinski definition) is 3. The minimum Gasteiger partial charge on any atom is -0.348 e. The summed E-state index contributed by atoms with van der Waals surface area (Å²) in [5.41, 5.74) is 2.44. The van der Waals surface area contributed by atoms with E-state index in [0.717, 1.165) is 18.4 Å². The molecular weight excluding hydrogens is 288 g/mol. The van der Waals surface area contributed by atoms with Crippen molar-refractivity contribution < 1.29 is 14.3 Å². The van der Waals surface area contributed by atoms with Crippen LogP contribution in [0.15, 0.2) is 24.3 Å². The number of carbonyl (C=O) groups excluding carboxylic acids is 1. The highest BCUT2D eigenvalue weighted by atomic mass is 16.7. The molecule has 0 aromatic heterocycles. The summed E-state index contributed by atoms with van der Waals surface area (Å²) >= 11 is 0. The molecule has 128 valence electrons. The molecule has 2 rings (SSSR count). The van der Waals surface area contributed by atoms with Crippen LogP contribution in [0.3, 0.4) is 0 Å². The number of hydrogen-bond donors (Lipinski definition) is 0. The van der Waals surface area contributed by atoms with E-state index >= 15 is 0 Å². The van der Waals surface area contributed by atoms with Gasteiger partial charge in [0.1, 0.15) is 5.78 Å². The second-order valence-electron chi connectivity index (χ2n) is 7.52. The SMILES string of the molecule is CC(C)Cc1ccc(C(C)C(=O)CCC2COC(C)(C)O2)cc1. The molecule has 3 nitrogen and oxygen atoms in total. The van der Waals surface area contributed by atoms with Crippen LogP contribution in [0.25, 0.3) is 0 Å². The van der Waals surface area contributed by atoms with Crippen molar-refractivity contribution in [2.45, 2.75) is 71.7 Å². The zero-order valence-electron chi connectivity index (χ0n) is 15.1. The van der Waals surface area contributed by atoms with Crippen molar-refractivity contribution in [2.24, 2.45) is 5.92 Å². The molecule has 1 saturated heterocycles. The molecule has 2 unspecified atom stereocenters. The van der Waals surface area contributed by atoms with E-state index in [1.807, 2.05) is 20.8 Å². The van der Waals surface area contributed by atoms with Crippen LogP contribution in [-0.2, 0) is 20.7 Å². The van der Waals surface area contributed by atoms with Crippen molar-refractivity contribution in [2.75, 3.05) is 6.61 Å². The van der Waals surface area contributed by atoms with Crippen LogP contribution in [0.5, 0.6) is 0 Å². The van der Waals surface area contributed by atoms with Gasteiger partial charge < -0.3 is 9.47 Å². The van der Waals surface area contributed by atoms with Crippen LogP contribution in [-0.4, -0.2) is 24.3 Å². The monoisotopic (exact) mass is 318 g/mol. The molecule has 23 heavy (non-hydrogen) atoms. The topological polar surface area (TPSA) is 35.5 Å². The molecule has 1 aliphatic heterocycles. The molecule has 0 saturated carbocycles. The number of ketones is 1. The lowest BCUT2D eigenvalue weighted by atomic mass is 9.92. The Morgan fingerprint density at radius 1 is 1.22 bits per heavy atom. The fraction of sp³-hybridized carbons (Fsp3) is 0.650. The van der Waals surface area contributed by atoms with Crippen molar-refractivity contribution in [1.29, 1.82) is 0 Å². The van der Waals surface area contributed by atoms with E-state index in [-0.39, 0.29) is 17.8 Å². The van der Waals surface area contributed by atoms with Crippen molar-refractivity contribution >= 4 is 5.78 Å². The summed E-state index contributed by atoms with van der Waals surface area (Å²) in [6, 6.07) is 8.49. The summed E-state index contributed by atoms with van der Waals surface area (Å²) < 4.78 is 11.3. The Labute approximate surface area is 140 Å². The summed E-state index contributed by atoms with van der Waals surface area (Å²) in [4.78, 5) is 12.4. The lowest BCUT2D eigenvalue weighted by molar-refractivity contribution is -0.140. The van der Waals surface area contributed by atoms with Gasteiger partial charge in [-0.1, -0.05) is 45.0 Å². The van der Waals surface area contributed by atoms with Gasteiger partial charge in [-0.25, -0.2) is 0 Å². The predicted octanol–water partition coefficient (Wildman–Crippen LogP) is 4.49. The third-order valence-corrected chi connectivity index (χ3v) is 4.39. The van der Waals surface area contributed by atoms with Gasteiger partial charge in [0.25, 0.3) is 0 Å². The Morgan fingerprint density at radius 3 is 2.39 bits per heavy atom. The van der Waals surface area contributed by atoms with Crippen molar-refractivity contribution in [1.82, 2.24) is 0 Å². The zero-order valence-corrected chi connectivity index (χ0v) is 15.1. The molecule has 1 fully saturated rings. The lowest BCUT2D eigenvalue weighted by Crippen LogP contribution is -2.22. The van der Waals surface area contributed by atoms with Crippen molar-refractivity contribution in [3.8, 4) is 0 Å². The van der Waals surface area contributed by atoms with Gasteiger partial charge >= 0.3 is 0 Å². The molecule has 1 aromatic carbocycles. The van der Waals surface area contributed by atoms with Crippen LogP contribution < -0.4 is 0 Å². The highest BCUT2D eigenvalue weighted by molar-refractivity contribution is 5.85. The molecule has 3 heteroatoms. The number of Topliss-reactive ketones (excluding diaryl/α,β-unsaturated/α-hetero) is 1. The number of benzene rings is 1. The molecule has 1 aromatic rings. The van der Waals surface area contributed by atoms with E-state index in [4.69, 9.17) is 9.47 Å². The third-order valence-electron chi connectivity index (χ3n) is 4.39. The summed E-state index contributed by atoms with van der Waals surface area (Å²) in [6.07, 6.45) is 2.39. The smallest absolute Gasteiger partial charge is 0.163 e. The maximum Gasteiger partial charge on any atom is 0.163 e. The van der Waals surface area contributed by atoms with Crippen LogP contribution in [0.4, 0.5) is 0 Å². The average Bonchev–Trinajstić information content (AvgIpc) is 2.83. The molecular formula is C20H30O3. The number of rotatable bonds is 7. The van der Waals surface area contributed by atoms with Crippen LogP contribution in [0.2, 0.25) is 0 Å². The first-order valence-electron chi connectivity index (χ1n) is 8.70. The maximum atomic E-state index is 12.4. The summed E-state index contributed by atoms with van der Waals surface area (Å²) in [6.45, 7) is 10.8. The van der Waals surface area contributed by atoms with Crippen molar-refractivity contribution in [3.63, 3.8) is 0 Å². The molecule has 1 aliphatic rings. The van der Waals surface area contributed by atoms with E-state index < -0.39 is 5.79 Å². The fourth-order valence-corrected chi connectivity index (χ4v) is 3.02. The van der Waals surface area contributed by atoms with Crippen LogP contribution >= 0.6 is 0 Å². The van der Waals surface area contributed by atoms with Gasteiger partial charge in [-0.3, -0.25) is 4.79 Å². The first kappa shape index (κ1) is 18.2. The Morgan fingerprint density at radius 2 is 1.87 bits per heavy atom. The summed E-state index contributed by atoms with van der Waals surface area (Å²) in [5.74, 6) is 0.358. The quantitative estimate of drug-likeness (QED) is 0.743. The summed E-state index contributed by atoms with van der Waals surface area (Å²) in [7, 11) is 0. The molecule has 0 spiro atoms. The zero-order chi connectivity index (χ0) is 17.0. The van der Waals surface area contributed by atoms with Gasteiger partial charge in [0, 0.05) is 12.3 Å². The molecule has 2 atom stereocenters. The van der Waals surface area contributed by atoms with Gasteiger partial charge in [-0.2, -0.15) is 0 Å².